The molecule has 1 amide bonds. The lowest BCUT2D eigenvalue weighted by atomic mass is 10.1. The van der Waals surface area contributed by atoms with E-state index in [0.717, 1.165) is 24.1 Å². The predicted molar refractivity (Wildman–Crippen MR) is 82.6 cm³/mol. The van der Waals surface area contributed by atoms with Gasteiger partial charge in [0.15, 0.2) is 0 Å². The predicted octanol–water partition coefficient (Wildman–Crippen LogP) is 2.27. The fourth-order valence-corrected chi connectivity index (χ4v) is 2.07. The summed E-state index contributed by atoms with van der Waals surface area (Å²) < 4.78 is 5.29. The van der Waals surface area contributed by atoms with Gasteiger partial charge in [0.05, 0.1) is 13.5 Å². The van der Waals surface area contributed by atoms with Crippen LogP contribution in [-0.4, -0.2) is 45.1 Å². The molecule has 0 aliphatic heterocycles. The van der Waals surface area contributed by atoms with Crippen LogP contribution >= 0.6 is 11.6 Å². The normalized spacial score (nSPS) is 10.7. The van der Waals surface area contributed by atoms with Crippen LogP contribution in [0.4, 0.5) is 0 Å². The molecule has 0 aliphatic carbocycles. The number of carbonyl (C=O) groups is 1. The zero-order chi connectivity index (χ0) is 15.1. The Balaban J connectivity index is 2.55. The van der Waals surface area contributed by atoms with Crippen molar-refractivity contribution in [3.8, 4) is 5.75 Å². The highest BCUT2D eigenvalue weighted by molar-refractivity contribution is 6.31. The number of methoxy groups -OCH3 is 1. The molecule has 20 heavy (non-hydrogen) atoms. The number of benzene rings is 1. The van der Waals surface area contributed by atoms with Crippen molar-refractivity contribution in [2.45, 2.75) is 19.8 Å². The number of hydrogen-bond acceptors (Lipinski definition) is 3. The van der Waals surface area contributed by atoms with Gasteiger partial charge in [0.1, 0.15) is 5.75 Å². The summed E-state index contributed by atoms with van der Waals surface area (Å²) >= 11 is 6.10. The molecule has 0 aliphatic rings. The summed E-state index contributed by atoms with van der Waals surface area (Å²) in [7, 11) is 5.63. The zero-order valence-corrected chi connectivity index (χ0v) is 13.4. The van der Waals surface area contributed by atoms with Gasteiger partial charge in [-0.25, -0.2) is 0 Å². The van der Waals surface area contributed by atoms with Crippen LogP contribution in [0.1, 0.15) is 17.5 Å². The van der Waals surface area contributed by atoms with Crippen LogP contribution in [0.3, 0.4) is 0 Å². The molecule has 1 aromatic rings. The van der Waals surface area contributed by atoms with Gasteiger partial charge in [-0.15, -0.1) is 0 Å². The topological polar surface area (TPSA) is 41.6 Å². The van der Waals surface area contributed by atoms with Crippen LogP contribution in [-0.2, 0) is 11.2 Å². The van der Waals surface area contributed by atoms with Crippen LogP contribution in [0.5, 0.6) is 5.75 Å². The summed E-state index contributed by atoms with van der Waals surface area (Å²) in [6, 6.07) is 3.66. The molecule has 0 fully saturated rings. The molecule has 5 heteroatoms. The molecule has 0 saturated heterocycles. The fourth-order valence-electron chi connectivity index (χ4n) is 1.88. The quantitative estimate of drug-likeness (QED) is 0.785. The van der Waals surface area contributed by atoms with Crippen LogP contribution in [0.2, 0.25) is 5.02 Å². The minimum absolute atomic E-state index is 0.0121. The number of aryl methyl sites for hydroxylation is 1. The number of hydrogen-bond donors (Lipinski definition) is 1. The molecule has 0 unspecified atom stereocenters. The molecular formula is C15H23ClN2O2. The highest BCUT2D eigenvalue weighted by Gasteiger charge is 2.11. The first-order valence-electron chi connectivity index (χ1n) is 6.68. The van der Waals surface area contributed by atoms with Gasteiger partial charge in [-0.1, -0.05) is 11.6 Å². The summed E-state index contributed by atoms with van der Waals surface area (Å²) in [5.41, 5.74) is 1.76. The molecule has 0 radical (unpaired) electrons. The lowest BCUT2D eigenvalue weighted by Gasteiger charge is -2.12. The van der Waals surface area contributed by atoms with E-state index >= 15 is 0 Å². The Morgan fingerprint density at radius 3 is 2.70 bits per heavy atom. The van der Waals surface area contributed by atoms with Crippen molar-refractivity contribution in [2.75, 3.05) is 34.3 Å². The van der Waals surface area contributed by atoms with Gasteiger partial charge in [-0.3, -0.25) is 4.79 Å². The van der Waals surface area contributed by atoms with E-state index in [1.165, 1.54) is 0 Å². The largest absolute Gasteiger partial charge is 0.496 e. The molecular weight excluding hydrogens is 276 g/mol. The van der Waals surface area contributed by atoms with E-state index < -0.39 is 0 Å². The van der Waals surface area contributed by atoms with E-state index in [0.29, 0.717) is 17.3 Å². The van der Waals surface area contributed by atoms with Crippen LogP contribution in [0.15, 0.2) is 12.1 Å². The molecule has 112 valence electrons. The van der Waals surface area contributed by atoms with Gasteiger partial charge in [0.2, 0.25) is 5.91 Å². The molecule has 0 aromatic heterocycles. The molecule has 0 atom stereocenters. The lowest BCUT2D eigenvalue weighted by Crippen LogP contribution is -2.28. The highest BCUT2D eigenvalue weighted by atomic mass is 35.5. The Morgan fingerprint density at radius 1 is 1.40 bits per heavy atom. The highest BCUT2D eigenvalue weighted by Crippen LogP contribution is 2.26. The van der Waals surface area contributed by atoms with E-state index in [1.807, 2.05) is 27.1 Å². The average Bonchev–Trinajstić information content (AvgIpc) is 2.38. The van der Waals surface area contributed by atoms with Gasteiger partial charge in [-0.2, -0.15) is 0 Å². The van der Waals surface area contributed by atoms with Crippen molar-refractivity contribution in [2.24, 2.45) is 0 Å². The van der Waals surface area contributed by atoms with Crippen molar-refractivity contribution in [3.63, 3.8) is 0 Å². The fraction of sp³-hybridized carbons (Fsp3) is 0.533. The maximum Gasteiger partial charge on any atom is 0.224 e. The SMILES string of the molecule is COc1cc(C)c(Cl)cc1CC(=O)NCCCN(C)C. The first kappa shape index (κ1) is 16.8. The molecule has 0 spiro atoms. The Hall–Kier alpha value is -1.26. The van der Waals surface area contributed by atoms with Gasteiger partial charge in [0, 0.05) is 17.1 Å². The standard InChI is InChI=1S/C15H23ClN2O2/c1-11-8-14(20-4)12(9-13(11)16)10-15(19)17-6-5-7-18(2)3/h8-9H,5-7,10H2,1-4H3,(H,17,19). The number of rotatable bonds is 7. The Morgan fingerprint density at radius 2 is 2.10 bits per heavy atom. The maximum absolute atomic E-state index is 11.9. The van der Waals surface area contributed by atoms with Crippen molar-refractivity contribution >= 4 is 17.5 Å². The molecule has 1 N–H and O–H groups in total. The van der Waals surface area contributed by atoms with Gasteiger partial charge >= 0.3 is 0 Å². The molecule has 0 saturated carbocycles. The molecule has 1 aromatic carbocycles. The van der Waals surface area contributed by atoms with E-state index in [-0.39, 0.29) is 12.3 Å². The van der Waals surface area contributed by atoms with E-state index in [1.54, 1.807) is 13.2 Å². The third-order valence-corrected chi connectivity index (χ3v) is 3.42. The second kappa shape index (κ2) is 8.12. The second-order valence-corrected chi connectivity index (χ2v) is 5.50. The summed E-state index contributed by atoms with van der Waals surface area (Å²) in [5.74, 6) is 0.692. The van der Waals surface area contributed by atoms with Crippen molar-refractivity contribution in [1.82, 2.24) is 10.2 Å². The molecule has 0 bridgehead atoms. The smallest absolute Gasteiger partial charge is 0.224 e. The Bertz CT molecular complexity index is 461. The van der Waals surface area contributed by atoms with Crippen molar-refractivity contribution in [1.29, 1.82) is 0 Å². The molecule has 1 rings (SSSR count). The Labute approximate surface area is 126 Å². The minimum Gasteiger partial charge on any atom is -0.496 e. The van der Waals surface area contributed by atoms with E-state index in [9.17, 15) is 4.79 Å². The van der Waals surface area contributed by atoms with Gasteiger partial charge < -0.3 is 15.0 Å². The van der Waals surface area contributed by atoms with Gasteiger partial charge in [0.25, 0.3) is 0 Å². The minimum atomic E-state index is -0.0121. The monoisotopic (exact) mass is 298 g/mol. The zero-order valence-electron chi connectivity index (χ0n) is 12.6. The summed E-state index contributed by atoms with van der Waals surface area (Å²) in [5, 5.41) is 3.56. The summed E-state index contributed by atoms with van der Waals surface area (Å²) in [6.07, 6.45) is 1.22. The first-order valence-corrected chi connectivity index (χ1v) is 7.06. The van der Waals surface area contributed by atoms with Crippen LogP contribution in [0.25, 0.3) is 0 Å². The average molecular weight is 299 g/mol. The first-order chi connectivity index (χ1) is 9.43. The third-order valence-electron chi connectivity index (χ3n) is 3.02. The second-order valence-electron chi connectivity index (χ2n) is 5.10. The maximum atomic E-state index is 11.9. The number of amides is 1. The molecule has 0 heterocycles. The Kier molecular flexibility index (Phi) is 6.82. The lowest BCUT2D eigenvalue weighted by molar-refractivity contribution is -0.120. The number of halogens is 1. The number of ether oxygens (including phenoxy) is 1. The van der Waals surface area contributed by atoms with E-state index in [2.05, 4.69) is 10.2 Å². The van der Waals surface area contributed by atoms with Crippen molar-refractivity contribution in [3.05, 3.63) is 28.3 Å². The van der Waals surface area contributed by atoms with E-state index in [4.69, 9.17) is 16.3 Å². The number of nitrogens with one attached hydrogen (secondary N) is 1. The van der Waals surface area contributed by atoms with Crippen LogP contribution < -0.4 is 10.1 Å². The van der Waals surface area contributed by atoms with Crippen molar-refractivity contribution < 1.29 is 9.53 Å². The number of carbonyl (C=O) groups excluding carboxylic acids is 1. The van der Waals surface area contributed by atoms with Gasteiger partial charge in [-0.05, 0) is 51.7 Å². The summed E-state index contributed by atoms with van der Waals surface area (Å²) in [4.78, 5) is 14.0. The van der Waals surface area contributed by atoms with Crippen LogP contribution in [0, 0.1) is 6.92 Å². The molecule has 4 nitrogen and oxygen atoms in total. The number of nitrogens with zero attached hydrogens (tertiary/aromatic N) is 1. The summed E-state index contributed by atoms with van der Waals surface area (Å²) in [6.45, 7) is 3.55. The third kappa shape index (κ3) is 5.39.